The van der Waals surface area contributed by atoms with Crippen molar-refractivity contribution in [2.24, 2.45) is 0 Å². The Labute approximate surface area is 173 Å². The van der Waals surface area contributed by atoms with Crippen LogP contribution in [0.1, 0.15) is 26.7 Å². The smallest absolute Gasteiger partial charge is 0.266 e. The first-order valence-corrected chi connectivity index (χ1v) is 10.6. The van der Waals surface area contributed by atoms with Gasteiger partial charge in [-0.3, -0.25) is 14.2 Å². The third kappa shape index (κ3) is 4.39. The van der Waals surface area contributed by atoms with Crippen molar-refractivity contribution < 1.29 is 4.79 Å². The molecule has 0 fully saturated rings. The summed E-state index contributed by atoms with van der Waals surface area (Å²) in [7, 11) is 0. The van der Waals surface area contributed by atoms with Gasteiger partial charge >= 0.3 is 0 Å². The lowest BCUT2D eigenvalue weighted by Gasteiger charge is -2.16. The molecule has 0 radical (unpaired) electrons. The fourth-order valence-electron chi connectivity index (χ4n) is 2.95. The van der Waals surface area contributed by atoms with Crippen LogP contribution in [0.2, 0.25) is 5.02 Å². The Balaban J connectivity index is 2.01. The minimum Gasteiger partial charge on any atom is -0.353 e. The van der Waals surface area contributed by atoms with E-state index < -0.39 is 0 Å². The number of carbonyl (C=O) groups excluding carboxylic acids is 1. The molecule has 146 valence electrons. The van der Waals surface area contributed by atoms with Crippen molar-refractivity contribution in [3.8, 4) is 5.69 Å². The van der Waals surface area contributed by atoms with Crippen LogP contribution >= 0.6 is 23.4 Å². The average Bonchev–Trinajstić information content (AvgIpc) is 2.71. The van der Waals surface area contributed by atoms with Crippen LogP contribution in [0, 0.1) is 0 Å². The van der Waals surface area contributed by atoms with Gasteiger partial charge in [0.05, 0.1) is 27.4 Å². The molecule has 0 aliphatic carbocycles. The first-order valence-electron chi connectivity index (χ1n) is 9.24. The summed E-state index contributed by atoms with van der Waals surface area (Å²) < 4.78 is 1.49. The number of hydrogen-bond donors (Lipinski definition) is 1. The molecule has 0 saturated heterocycles. The van der Waals surface area contributed by atoms with Crippen molar-refractivity contribution in [2.75, 3.05) is 5.75 Å². The SMILES string of the molecule is CCC(CC)NC(=O)CSc1nc2ccccc2c(=O)n1-c1ccccc1Cl. The summed E-state index contributed by atoms with van der Waals surface area (Å²) in [6.45, 7) is 4.09. The number of fused-ring (bicyclic) bond motifs is 1. The minimum atomic E-state index is -0.207. The summed E-state index contributed by atoms with van der Waals surface area (Å²) in [6, 6.07) is 14.5. The summed E-state index contributed by atoms with van der Waals surface area (Å²) in [5.41, 5.74) is 0.940. The number of halogens is 1. The van der Waals surface area contributed by atoms with Gasteiger partial charge < -0.3 is 5.32 Å². The van der Waals surface area contributed by atoms with Crippen molar-refractivity contribution in [3.05, 3.63) is 63.9 Å². The van der Waals surface area contributed by atoms with Crippen molar-refractivity contribution in [2.45, 2.75) is 37.9 Å². The fraction of sp³-hybridized carbons (Fsp3) is 0.286. The summed E-state index contributed by atoms with van der Waals surface area (Å²) in [5.74, 6) is 0.0953. The molecule has 1 heterocycles. The van der Waals surface area contributed by atoms with Gasteiger partial charge in [-0.25, -0.2) is 4.98 Å². The molecule has 28 heavy (non-hydrogen) atoms. The average molecular weight is 416 g/mol. The molecular weight excluding hydrogens is 394 g/mol. The monoisotopic (exact) mass is 415 g/mol. The third-order valence-electron chi connectivity index (χ3n) is 4.52. The zero-order valence-electron chi connectivity index (χ0n) is 15.8. The van der Waals surface area contributed by atoms with Crippen molar-refractivity contribution in [1.29, 1.82) is 0 Å². The molecular formula is C21H22ClN3O2S. The van der Waals surface area contributed by atoms with Crippen molar-refractivity contribution in [1.82, 2.24) is 14.9 Å². The Morgan fingerprint density at radius 2 is 1.82 bits per heavy atom. The molecule has 3 aromatic rings. The Hall–Kier alpha value is -2.31. The molecule has 0 unspecified atom stereocenters. The van der Waals surface area contributed by atoms with Crippen LogP contribution in [0.5, 0.6) is 0 Å². The zero-order chi connectivity index (χ0) is 20.1. The van der Waals surface area contributed by atoms with Crippen molar-refractivity contribution >= 4 is 40.2 Å². The quantitative estimate of drug-likeness (QED) is 0.457. The lowest BCUT2D eigenvalue weighted by Crippen LogP contribution is -2.35. The number of para-hydroxylation sites is 2. The second kappa shape index (κ2) is 9.26. The Bertz CT molecular complexity index is 1050. The molecule has 1 N–H and O–H groups in total. The zero-order valence-corrected chi connectivity index (χ0v) is 17.4. The molecule has 3 rings (SSSR count). The van der Waals surface area contributed by atoms with E-state index in [-0.39, 0.29) is 23.3 Å². The highest BCUT2D eigenvalue weighted by Gasteiger charge is 2.17. The number of nitrogens with zero attached hydrogens (tertiary/aromatic N) is 2. The summed E-state index contributed by atoms with van der Waals surface area (Å²) in [4.78, 5) is 30.1. The van der Waals surface area contributed by atoms with Gasteiger partial charge in [-0.05, 0) is 37.1 Å². The lowest BCUT2D eigenvalue weighted by atomic mass is 10.2. The van der Waals surface area contributed by atoms with Gasteiger partial charge in [0, 0.05) is 6.04 Å². The number of benzene rings is 2. The molecule has 0 spiro atoms. The highest BCUT2D eigenvalue weighted by atomic mass is 35.5. The van der Waals surface area contributed by atoms with Gasteiger partial charge in [-0.15, -0.1) is 0 Å². The molecule has 1 amide bonds. The van der Waals surface area contributed by atoms with Gasteiger partial charge in [-0.2, -0.15) is 0 Å². The fourth-order valence-corrected chi connectivity index (χ4v) is 3.98. The molecule has 0 bridgehead atoms. The normalized spacial score (nSPS) is 11.1. The van der Waals surface area contributed by atoms with Gasteiger partial charge in [0.1, 0.15) is 0 Å². The third-order valence-corrected chi connectivity index (χ3v) is 5.78. The molecule has 0 aliphatic rings. The highest BCUT2D eigenvalue weighted by molar-refractivity contribution is 7.99. The Kier molecular flexibility index (Phi) is 6.75. The highest BCUT2D eigenvalue weighted by Crippen LogP contribution is 2.25. The van der Waals surface area contributed by atoms with Crippen molar-refractivity contribution in [3.63, 3.8) is 0 Å². The van der Waals surface area contributed by atoms with E-state index in [0.717, 1.165) is 12.8 Å². The lowest BCUT2D eigenvalue weighted by molar-refractivity contribution is -0.119. The van der Waals surface area contributed by atoms with Crippen LogP contribution in [0.25, 0.3) is 16.6 Å². The maximum absolute atomic E-state index is 13.2. The number of hydrogen-bond acceptors (Lipinski definition) is 4. The van der Waals surface area contributed by atoms with E-state index in [1.807, 2.05) is 26.0 Å². The number of thioether (sulfide) groups is 1. The molecule has 0 aliphatic heterocycles. The first-order chi connectivity index (χ1) is 13.5. The number of nitrogens with one attached hydrogen (secondary N) is 1. The molecule has 0 saturated carbocycles. The number of rotatable bonds is 7. The van der Waals surface area contributed by atoms with E-state index in [1.165, 1.54) is 16.3 Å². The van der Waals surface area contributed by atoms with Crippen LogP contribution in [-0.4, -0.2) is 27.3 Å². The van der Waals surface area contributed by atoms with Crippen LogP contribution in [-0.2, 0) is 4.79 Å². The maximum Gasteiger partial charge on any atom is 0.266 e. The number of amides is 1. The number of aromatic nitrogens is 2. The summed E-state index contributed by atoms with van der Waals surface area (Å²) in [6.07, 6.45) is 1.76. The van der Waals surface area contributed by atoms with E-state index in [9.17, 15) is 9.59 Å². The number of carbonyl (C=O) groups is 1. The predicted octanol–water partition coefficient (Wildman–Crippen LogP) is 4.44. The van der Waals surface area contributed by atoms with Gasteiger partial charge in [0.2, 0.25) is 5.91 Å². The second-order valence-electron chi connectivity index (χ2n) is 6.37. The first kappa shape index (κ1) is 20.4. The maximum atomic E-state index is 13.2. The Morgan fingerprint density at radius 1 is 1.14 bits per heavy atom. The summed E-state index contributed by atoms with van der Waals surface area (Å²) in [5, 5.41) is 4.41. The molecule has 1 aromatic heterocycles. The predicted molar refractivity (Wildman–Crippen MR) is 116 cm³/mol. The molecule has 7 heteroatoms. The van der Waals surface area contributed by atoms with Gasteiger partial charge in [0.25, 0.3) is 5.56 Å². The summed E-state index contributed by atoms with van der Waals surface area (Å²) >= 11 is 7.58. The van der Waals surface area contributed by atoms with E-state index >= 15 is 0 Å². The molecule has 2 aromatic carbocycles. The minimum absolute atomic E-state index is 0.0770. The van der Waals surface area contributed by atoms with Crippen LogP contribution in [0.15, 0.2) is 58.5 Å². The largest absolute Gasteiger partial charge is 0.353 e. The van der Waals surface area contributed by atoms with E-state index in [0.29, 0.717) is 26.8 Å². The standard InChI is InChI=1S/C21H22ClN3O2S/c1-3-14(4-2)23-19(26)13-28-21-24-17-11-7-5-9-15(17)20(27)25(21)18-12-8-6-10-16(18)22/h5-12,14H,3-4,13H2,1-2H3,(H,23,26). The molecule has 0 atom stereocenters. The van der Waals surface area contributed by atoms with Crippen LogP contribution in [0.3, 0.4) is 0 Å². The Morgan fingerprint density at radius 3 is 2.54 bits per heavy atom. The van der Waals surface area contributed by atoms with Crippen LogP contribution < -0.4 is 10.9 Å². The van der Waals surface area contributed by atoms with Gasteiger partial charge in [-0.1, -0.05) is 61.5 Å². The van der Waals surface area contributed by atoms with E-state index in [2.05, 4.69) is 10.3 Å². The van der Waals surface area contributed by atoms with Crippen LogP contribution in [0.4, 0.5) is 0 Å². The van der Waals surface area contributed by atoms with E-state index in [4.69, 9.17) is 11.6 Å². The second-order valence-corrected chi connectivity index (χ2v) is 7.72. The molecule has 5 nitrogen and oxygen atoms in total. The topological polar surface area (TPSA) is 64.0 Å². The van der Waals surface area contributed by atoms with Gasteiger partial charge in [0.15, 0.2) is 5.16 Å². The van der Waals surface area contributed by atoms with E-state index in [1.54, 1.807) is 36.4 Å².